The molecule has 0 aromatic heterocycles. The maximum atomic E-state index is 12.5. The molecule has 0 spiro atoms. The van der Waals surface area contributed by atoms with Crippen LogP contribution in [0, 0.1) is 6.92 Å². The molecule has 1 aliphatic rings. The number of aromatic hydroxyl groups is 2. The highest BCUT2D eigenvalue weighted by Gasteiger charge is 2.35. The number of amides is 2. The normalized spacial score (nSPS) is 16.2. The molecular formula is C18H15NO4S. The van der Waals surface area contributed by atoms with Crippen molar-refractivity contribution in [1.29, 1.82) is 0 Å². The van der Waals surface area contributed by atoms with Gasteiger partial charge >= 0.3 is 0 Å². The van der Waals surface area contributed by atoms with Crippen molar-refractivity contribution in [2.45, 2.75) is 13.5 Å². The average Bonchev–Trinajstić information content (AvgIpc) is 2.80. The topological polar surface area (TPSA) is 77.8 Å². The molecule has 0 bridgehead atoms. The van der Waals surface area contributed by atoms with E-state index in [1.165, 1.54) is 23.1 Å². The first-order valence-corrected chi connectivity index (χ1v) is 8.09. The van der Waals surface area contributed by atoms with E-state index in [0.717, 1.165) is 22.9 Å². The minimum Gasteiger partial charge on any atom is -0.504 e. The van der Waals surface area contributed by atoms with Crippen LogP contribution in [0.3, 0.4) is 0 Å². The SMILES string of the molecule is Cc1ccccc1CN1C(=O)S/C(=C\c2ccc(O)c(O)c2)C1=O. The minimum absolute atomic E-state index is 0.232. The second kappa shape index (κ2) is 6.41. The van der Waals surface area contributed by atoms with Gasteiger partial charge in [-0.1, -0.05) is 30.3 Å². The molecule has 2 amide bonds. The number of hydrogen-bond donors (Lipinski definition) is 2. The van der Waals surface area contributed by atoms with Crippen LogP contribution in [0.1, 0.15) is 16.7 Å². The fraction of sp³-hybridized carbons (Fsp3) is 0.111. The predicted molar refractivity (Wildman–Crippen MR) is 92.5 cm³/mol. The number of benzene rings is 2. The zero-order valence-electron chi connectivity index (χ0n) is 12.9. The Kier molecular flexibility index (Phi) is 4.31. The average molecular weight is 341 g/mol. The van der Waals surface area contributed by atoms with Gasteiger partial charge in [0.25, 0.3) is 11.1 Å². The van der Waals surface area contributed by atoms with Gasteiger partial charge in [-0.3, -0.25) is 14.5 Å². The Morgan fingerprint density at radius 2 is 1.83 bits per heavy atom. The molecule has 24 heavy (non-hydrogen) atoms. The van der Waals surface area contributed by atoms with Crippen LogP contribution in [0.4, 0.5) is 4.79 Å². The van der Waals surface area contributed by atoms with E-state index in [4.69, 9.17) is 0 Å². The molecule has 0 saturated carbocycles. The van der Waals surface area contributed by atoms with Crippen LogP contribution in [0.25, 0.3) is 6.08 Å². The fourth-order valence-corrected chi connectivity index (χ4v) is 3.21. The predicted octanol–water partition coefficient (Wildman–Crippen LogP) is 3.64. The number of phenolic OH excluding ortho intramolecular Hbond substituents is 2. The Morgan fingerprint density at radius 3 is 2.54 bits per heavy atom. The molecule has 6 heteroatoms. The van der Waals surface area contributed by atoms with Crippen molar-refractivity contribution < 1.29 is 19.8 Å². The largest absolute Gasteiger partial charge is 0.504 e. The molecule has 3 rings (SSSR count). The van der Waals surface area contributed by atoms with Crippen LogP contribution in [0.2, 0.25) is 0 Å². The molecule has 1 fully saturated rings. The van der Waals surface area contributed by atoms with Crippen LogP contribution in [-0.4, -0.2) is 26.3 Å². The third-order valence-electron chi connectivity index (χ3n) is 3.76. The molecule has 2 aromatic carbocycles. The number of rotatable bonds is 3. The number of phenols is 2. The van der Waals surface area contributed by atoms with Crippen molar-refractivity contribution in [3.63, 3.8) is 0 Å². The van der Waals surface area contributed by atoms with Crippen molar-refractivity contribution in [2.24, 2.45) is 0 Å². The monoisotopic (exact) mass is 341 g/mol. The summed E-state index contributed by atoms with van der Waals surface area (Å²) in [6, 6.07) is 11.8. The van der Waals surface area contributed by atoms with Gasteiger partial charge in [0.05, 0.1) is 11.4 Å². The zero-order valence-corrected chi connectivity index (χ0v) is 13.7. The summed E-state index contributed by atoms with van der Waals surface area (Å²) in [5.41, 5.74) is 2.47. The van der Waals surface area contributed by atoms with E-state index in [0.29, 0.717) is 10.5 Å². The molecule has 5 nitrogen and oxygen atoms in total. The fourth-order valence-electron chi connectivity index (χ4n) is 2.38. The lowest BCUT2D eigenvalue weighted by Gasteiger charge is -2.14. The Morgan fingerprint density at radius 1 is 1.08 bits per heavy atom. The molecule has 0 radical (unpaired) electrons. The highest BCUT2D eigenvalue weighted by molar-refractivity contribution is 8.18. The van der Waals surface area contributed by atoms with Crippen LogP contribution in [0.5, 0.6) is 11.5 Å². The Labute approximate surface area is 143 Å². The highest BCUT2D eigenvalue weighted by Crippen LogP contribution is 2.34. The summed E-state index contributed by atoms with van der Waals surface area (Å²) in [6.45, 7) is 2.17. The molecule has 1 saturated heterocycles. The van der Waals surface area contributed by atoms with Gasteiger partial charge in [-0.25, -0.2) is 0 Å². The molecule has 2 aromatic rings. The first-order valence-electron chi connectivity index (χ1n) is 7.27. The van der Waals surface area contributed by atoms with Gasteiger partial charge in [0, 0.05) is 0 Å². The first kappa shape index (κ1) is 16.1. The number of imide groups is 1. The van der Waals surface area contributed by atoms with E-state index in [9.17, 15) is 19.8 Å². The van der Waals surface area contributed by atoms with E-state index in [1.807, 2.05) is 31.2 Å². The number of carbonyl (C=O) groups is 2. The number of hydrogen-bond acceptors (Lipinski definition) is 5. The standard InChI is InChI=1S/C18H15NO4S/c1-11-4-2-3-5-13(11)10-19-17(22)16(24-18(19)23)9-12-6-7-14(20)15(21)8-12/h2-9,20-21H,10H2,1H3/b16-9-. The third-order valence-corrected chi connectivity index (χ3v) is 4.67. The van der Waals surface area contributed by atoms with E-state index in [-0.39, 0.29) is 29.2 Å². The van der Waals surface area contributed by atoms with Gasteiger partial charge in [-0.15, -0.1) is 0 Å². The Balaban J connectivity index is 1.84. The number of nitrogens with zero attached hydrogens (tertiary/aromatic N) is 1. The van der Waals surface area contributed by atoms with E-state index in [2.05, 4.69) is 0 Å². The molecule has 122 valence electrons. The van der Waals surface area contributed by atoms with Gasteiger partial charge in [0.15, 0.2) is 11.5 Å². The summed E-state index contributed by atoms with van der Waals surface area (Å²) in [5.74, 6) is -0.872. The second-order valence-corrected chi connectivity index (χ2v) is 6.44. The summed E-state index contributed by atoms with van der Waals surface area (Å²) in [6.07, 6.45) is 1.53. The molecule has 2 N–H and O–H groups in total. The van der Waals surface area contributed by atoms with Gasteiger partial charge < -0.3 is 10.2 Å². The Bertz CT molecular complexity index is 860. The van der Waals surface area contributed by atoms with Gasteiger partial charge in [-0.05, 0) is 53.6 Å². The maximum absolute atomic E-state index is 12.5. The van der Waals surface area contributed by atoms with Crippen molar-refractivity contribution in [1.82, 2.24) is 4.90 Å². The third kappa shape index (κ3) is 3.14. The molecular weight excluding hydrogens is 326 g/mol. The van der Waals surface area contributed by atoms with E-state index in [1.54, 1.807) is 6.07 Å². The quantitative estimate of drug-likeness (QED) is 0.658. The summed E-state index contributed by atoms with van der Waals surface area (Å²) >= 11 is 0.866. The summed E-state index contributed by atoms with van der Waals surface area (Å²) in [4.78, 5) is 26.1. The van der Waals surface area contributed by atoms with Crippen molar-refractivity contribution >= 4 is 29.0 Å². The van der Waals surface area contributed by atoms with Gasteiger partial charge in [0.1, 0.15) is 0 Å². The number of carbonyl (C=O) groups excluding carboxylic acids is 2. The van der Waals surface area contributed by atoms with Gasteiger partial charge in [-0.2, -0.15) is 0 Å². The van der Waals surface area contributed by atoms with Crippen LogP contribution in [0.15, 0.2) is 47.4 Å². The molecule has 0 atom stereocenters. The van der Waals surface area contributed by atoms with Crippen molar-refractivity contribution in [3.05, 3.63) is 64.1 Å². The first-order chi connectivity index (χ1) is 11.5. The van der Waals surface area contributed by atoms with Crippen LogP contribution in [-0.2, 0) is 11.3 Å². The zero-order chi connectivity index (χ0) is 17.3. The lowest BCUT2D eigenvalue weighted by molar-refractivity contribution is -0.123. The minimum atomic E-state index is -0.360. The number of aryl methyl sites for hydroxylation is 1. The van der Waals surface area contributed by atoms with Crippen molar-refractivity contribution in [3.8, 4) is 11.5 Å². The van der Waals surface area contributed by atoms with Crippen LogP contribution >= 0.6 is 11.8 Å². The van der Waals surface area contributed by atoms with E-state index >= 15 is 0 Å². The second-order valence-electron chi connectivity index (χ2n) is 5.44. The summed E-state index contributed by atoms with van der Waals surface area (Å²) < 4.78 is 0. The van der Waals surface area contributed by atoms with Gasteiger partial charge in [0.2, 0.25) is 0 Å². The molecule has 1 heterocycles. The smallest absolute Gasteiger partial charge is 0.293 e. The molecule has 0 unspecified atom stereocenters. The highest BCUT2D eigenvalue weighted by atomic mass is 32.2. The summed E-state index contributed by atoms with van der Waals surface area (Å²) in [7, 11) is 0. The maximum Gasteiger partial charge on any atom is 0.293 e. The van der Waals surface area contributed by atoms with Crippen LogP contribution < -0.4 is 0 Å². The molecule has 1 aliphatic heterocycles. The summed E-state index contributed by atoms with van der Waals surface area (Å²) in [5, 5.41) is 18.5. The lowest BCUT2D eigenvalue weighted by Crippen LogP contribution is -2.27. The Hall–Kier alpha value is -2.73. The number of thioether (sulfide) groups is 1. The molecule has 0 aliphatic carbocycles. The lowest BCUT2D eigenvalue weighted by atomic mass is 10.1. The van der Waals surface area contributed by atoms with E-state index < -0.39 is 0 Å². The van der Waals surface area contributed by atoms with Crippen molar-refractivity contribution in [2.75, 3.05) is 0 Å².